The second kappa shape index (κ2) is 6.88. The van der Waals surface area contributed by atoms with Gasteiger partial charge in [0.1, 0.15) is 5.82 Å². The van der Waals surface area contributed by atoms with Crippen LogP contribution in [-0.4, -0.2) is 35.1 Å². The van der Waals surface area contributed by atoms with E-state index in [1.807, 2.05) is 20.8 Å². The highest BCUT2D eigenvalue weighted by atomic mass is 19.1. The Morgan fingerprint density at radius 3 is 2.55 bits per heavy atom. The molecular formula is C14H19FN2O3. The maximum Gasteiger partial charge on any atom is 0.338 e. The lowest BCUT2D eigenvalue weighted by atomic mass is 10.2. The number of benzene rings is 1. The van der Waals surface area contributed by atoms with Crippen molar-refractivity contribution in [2.75, 3.05) is 18.4 Å². The third-order valence-electron chi connectivity index (χ3n) is 2.70. The minimum atomic E-state index is -1.37. The molecule has 0 aliphatic heterocycles. The first kappa shape index (κ1) is 15.9. The van der Waals surface area contributed by atoms with Gasteiger partial charge in [-0.25, -0.2) is 14.0 Å². The molecule has 2 amide bonds. The molecule has 0 aromatic heterocycles. The topological polar surface area (TPSA) is 69.6 Å². The number of halogens is 1. The molecule has 6 heteroatoms. The Balaban J connectivity index is 2.84. The number of amides is 2. The summed E-state index contributed by atoms with van der Waals surface area (Å²) in [5, 5.41) is 11.4. The van der Waals surface area contributed by atoms with E-state index in [4.69, 9.17) is 5.11 Å². The van der Waals surface area contributed by atoms with E-state index < -0.39 is 17.3 Å². The number of urea groups is 1. The van der Waals surface area contributed by atoms with Crippen LogP contribution in [0, 0.1) is 11.7 Å². The quantitative estimate of drug-likeness (QED) is 0.872. The van der Waals surface area contributed by atoms with Crippen molar-refractivity contribution in [2.45, 2.75) is 20.8 Å². The molecule has 0 fully saturated rings. The molecule has 0 saturated carbocycles. The van der Waals surface area contributed by atoms with Crippen molar-refractivity contribution in [3.8, 4) is 0 Å². The van der Waals surface area contributed by atoms with Gasteiger partial charge in [0.05, 0.1) is 5.56 Å². The molecule has 0 spiro atoms. The monoisotopic (exact) mass is 282 g/mol. The largest absolute Gasteiger partial charge is 0.478 e. The number of carboxylic acids is 1. The van der Waals surface area contributed by atoms with E-state index >= 15 is 0 Å². The standard InChI is InChI=1S/C14H19FN2O3/c1-4-17(8-9(2)3)14(20)16-10-5-6-12(15)11(7-10)13(18)19/h5-7,9H,4,8H2,1-3H3,(H,16,20)(H,18,19). The normalized spacial score (nSPS) is 10.4. The second-order valence-corrected chi connectivity index (χ2v) is 4.86. The van der Waals surface area contributed by atoms with Crippen LogP contribution in [0.3, 0.4) is 0 Å². The summed E-state index contributed by atoms with van der Waals surface area (Å²) in [7, 11) is 0. The van der Waals surface area contributed by atoms with Crippen LogP contribution in [0.2, 0.25) is 0 Å². The summed E-state index contributed by atoms with van der Waals surface area (Å²) in [5.74, 6) is -1.87. The fourth-order valence-corrected chi connectivity index (χ4v) is 1.77. The predicted octanol–water partition coefficient (Wildman–Crippen LogP) is 3.03. The predicted molar refractivity (Wildman–Crippen MR) is 74.5 cm³/mol. The molecule has 0 aliphatic rings. The summed E-state index contributed by atoms with van der Waals surface area (Å²) in [6, 6.07) is 3.14. The van der Waals surface area contributed by atoms with E-state index in [2.05, 4.69) is 5.32 Å². The maximum atomic E-state index is 13.3. The number of rotatable bonds is 5. The van der Waals surface area contributed by atoms with E-state index in [0.717, 1.165) is 12.1 Å². The van der Waals surface area contributed by atoms with Crippen LogP contribution in [0.4, 0.5) is 14.9 Å². The van der Waals surface area contributed by atoms with Crippen LogP contribution in [-0.2, 0) is 0 Å². The molecule has 0 bridgehead atoms. The number of nitrogens with one attached hydrogen (secondary N) is 1. The molecule has 110 valence electrons. The Morgan fingerprint density at radius 2 is 2.05 bits per heavy atom. The minimum absolute atomic E-state index is 0.260. The molecule has 1 aromatic rings. The average Bonchev–Trinajstić information content (AvgIpc) is 2.37. The summed E-state index contributed by atoms with van der Waals surface area (Å²) in [4.78, 5) is 24.5. The Morgan fingerprint density at radius 1 is 1.40 bits per heavy atom. The lowest BCUT2D eigenvalue weighted by Crippen LogP contribution is -2.37. The Kier molecular flexibility index (Phi) is 5.49. The first-order valence-electron chi connectivity index (χ1n) is 6.43. The number of carboxylic acid groups (broad SMARTS) is 1. The van der Waals surface area contributed by atoms with Crippen molar-refractivity contribution in [3.05, 3.63) is 29.6 Å². The zero-order valence-corrected chi connectivity index (χ0v) is 11.8. The SMILES string of the molecule is CCN(CC(C)C)C(=O)Nc1ccc(F)c(C(=O)O)c1. The Bertz CT molecular complexity index is 503. The van der Waals surface area contributed by atoms with Gasteiger partial charge in [0.25, 0.3) is 0 Å². The summed E-state index contributed by atoms with van der Waals surface area (Å²) < 4.78 is 13.3. The first-order valence-corrected chi connectivity index (χ1v) is 6.43. The molecule has 0 aliphatic carbocycles. The number of aromatic carboxylic acids is 1. The zero-order chi connectivity index (χ0) is 15.3. The molecule has 1 rings (SSSR count). The fourth-order valence-electron chi connectivity index (χ4n) is 1.77. The highest BCUT2D eigenvalue weighted by Crippen LogP contribution is 2.15. The molecule has 0 radical (unpaired) electrons. The smallest absolute Gasteiger partial charge is 0.338 e. The highest BCUT2D eigenvalue weighted by molar-refractivity contribution is 5.93. The molecule has 5 nitrogen and oxygen atoms in total. The molecule has 2 N–H and O–H groups in total. The van der Waals surface area contributed by atoms with Crippen LogP contribution in [0.15, 0.2) is 18.2 Å². The van der Waals surface area contributed by atoms with Crippen molar-refractivity contribution < 1.29 is 19.1 Å². The summed E-state index contributed by atoms with van der Waals surface area (Å²) in [6.07, 6.45) is 0. The van der Waals surface area contributed by atoms with E-state index in [1.165, 1.54) is 6.07 Å². The van der Waals surface area contributed by atoms with Gasteiger partial charge in [0, 0.05) is 18.8 Å². The first-order chi connectivity index (χ1) is 9.35. The van der Waals surface area contributed by atoms with E-state index in [1.54, 1.807) is 4.90 Å². The third kappa shape index (κ3) is 4.22. The van der Waals surface area contributed by atoms with Crippen molar-refractivity contribution in [2.24, 2.45) is 5.92 Å². The molecule has 0 saturated heterocycles. The van der Waals surface area contributed by atoms with Gasteiger partial charge in [-0.05, 0) is 31.0 Å². The molecular weight excluding hydrogens is 263 g/mol. The second-order valence-electron chi connectivity index (χ2n) is 4.86. The van der Waals surface area contributed by atoms with Gasteiger partial charge in [-0.15, -0.1) is 0 Å². The minimum Gasteiger partial charge on any atom is -0.478 e. The van der Waals surface area contributed by atoms with Crippen LogP contribution in [0.5, 0.6) is 0 Å². The third-order valence-corrected chi connectivity index (χ3v) is 2.70. The van der Waals surface area contributed by atoms with Gasteiger partial charge in [0.2, 0.25) is 0 Å². The summed E-state index contributed by atoms with van der Waals surface area (Å²) >= 11 is 0. The van der Waals surface area contributed by atoms with Gasteiger partial charge in [-0.2, -0.15) is 0 Å². The molecule has 0 heterocycles. The van der Waals surface area contributed by atoms with Crippen molar-refractivity contribution >= 4 is 17.7 Å². The lowest BCUT2D eigenvalue weighted by Gasteiger charge is -2.23. The van der Waals surface area contributed by atoms with Crippen LogP contribution < -0.4 is 5.32 Å². The number of anilines is 1. The van der Waals surface area contributed by atoms with Gasteiger partial charge in [-0.1, -0.05) is 13.8 Å². The number of carbonyl (C=O) groups excluding carboxylic acids is 1. The average molecular weight is 282 g/mol. The number of nitrogens with zero attached hydrogens (tertiary/aromatic N) is 1. The molecule has 0 unspecified atom stereocenters. The van der Waals surface area contributed by atoms with E-state index in [9.17, 15) is 14.0 Å². The van der Waals surface area contributed by atoms with Crippen LogP contribution in [0.25, 0.3) is 0 Å². The fraction of sp³-hybridized carbons (Fsp3) is 0.429. The van der Waals surface area contributed by atoms with E-state index in [0.29, 0.717) is 19.0 Å². The number of hydrogen-bond donors (Lipinski definition) is 2. The Labute approximate surface area is 117 Å². The van der Waals surface area contributed by atoms with Crippen molar-refractivity contribution in [3.63, 3.8) is 0 Å². The van der Waals surface area contributed by atoms with Gasteiger partial charge >= 0.3 is 12.0 Å². The molecule has 1 aromatic carbocycles. The van der Waals surface area contributed by atoms with Gasteiger partial charge < -0.3 is 15.3 Å². The van der Waals surface area contributed by atoms with Crippen molar-refractivity contribution in [1.82, 2.24) is 4.90 Å². The van der Waals surface area contributed by atoms with Crippen molar-refractivity contribution in [1.29, 1.82) is 0 Å². The summed E-state index contributed by atoms with van der Waals surface area (Å²) in [5.41, 5.74) is -0.203. The number of carbonyl (C=O) groups is 2. The zero-order valence-electron chi connectivity index (χ0n) is 11.8. The lowest BCUT2D eigenvalue weighted by molar-refractivity contribution is 0.0692. The Hall–Kier alpha value is -2.11. The van der Waals surface area contributed by atoms with E-state index in [-0.39, 0.29) is 11.7 Å². The maximum absolute atomic E-state index is 13.3. The highest BCUT2D eigenvalue weighted by Gasteiger charge is 2.15. The molecule has 0 atom stereocenters. The van der Waals surface area contributed by atoms with Gasteiger partial charge in [0.15, 0.2) is 0 Å². The van der Waals surface area contributed by atoms with Gasteiger partial charge in [-0.3, -0.25) is 0 Å². The van der Waals surface area contributed by atoms with Crippen LogP contribution >= 0.6 is 0 Å². The number of hydrogen-bond acceptors (Lipinski definition) is 2. The van der Waals surface area contributed by atoms with Crippen LogP contribution in [0.1, 0.15) is 31.1 Å². The molecule has 20 heavy (non-hydrogen) atoms. The summed E-state index contributed by atoms with van der Waals surface area (Å²) in [6.45, 7) is 6.98.